The molecule has 1 heterocycles. The Morgan fingerprint density at radius 2 is 1.93 bits per heavy atom. The Morgan fingerprint density at radius 3 is 2.73 bits per heavy atom. The fourth-order valence-corrected chi connectivity index (χ4v) is 3.80. The summed E-state index contributed by atoms with van der Waals surface area (Å²) in [4.78, 5) is 0. The van der Waals surface area contributed by atoms with E-state index < -0.39 is 0 Å². The van der Waals surface area contributed by atoms with Gasteiger partial charge in [-0.2, -0.15) is 0 Å². The molecule has 0 aromatic heterocycles. The first-order valence-electron chi connectivity index (χ1n) is 5.80. The first-order chi connectivity index (χ1) is 7.32. The first kappa shape index (κ1) is 9.86. The number of halogens is 1. The topological polar surface area (TPSA) is 12.0 Å². The van der Waals surface area contributed by atoms with Crippen LogP contribution in [-0.2, 0) is 11.8 Å². The zero-order valence-corrected chi connectivity index (χ0v) is 10.4. The molecule has 0 radical (unpaired) electrons. The van der Waals surface area contributed by atoms with Crippen LogP contribution in [0.5, 0.6) is 0 Å². The molecule has 3 rings (SSSR count). The van der Waals surface area contributed by atoms with E-state index in [9.17, 15) is 0 Å². The quantitative estimate of drug-likeness (QED) is 0.761. The van der Waals surface area contributed by atoms with Crippen LogP contribution in [0.2, 0.25) is 0 Å². The van der Waals surface area contributed by atoms with Crippen molar-refractivity contribution in [2.45, 2.75) is 31.1 Å². The molecule has 0 saturated carbocycles. The molecular formula is C13H16BrN. The minimum atomic E-state index is 0.504. The lowest BCUT2D eigenvalue weighted by atomic mass is 9.74. The number of hydrogen-bond acceptors (Lipinski definition) is 1. The minimum absolute atomic E-state index is 0.504. The number of fused-ring (bicyclic) bond motifs is 2. The summed E-state index contributed by atoms with van der Waals surface area (Å²) < 4.78 is 1.32. The summed E-state index contributed by atoms with van der Waals surface area (Å²) in [5, 5.41) is 3.47. The highest BCUT2D eigenvalue weighted by Crippen LogP contribution is 2.46. The van der Waals surface area contributed by atoms with E-state index >= 15 is 0 Å². The normalized spacial score (nSPS) is 23.0. The van der Waals surface area contributed by atoms with E-state index in [2.05, 4.69) is 39.4 Å². The van der Waals surface area contributed by atoms with Crippen molar-refractivity contribution in [2.24, 2.45) is 0 Å². The molecule has 0 unspecified atom stereocenters. The summed E-state index contributed by atoms with van der Waals surface area (Å²) in [6, 6.07) is 6.72. The first-order valence-corrected chi connectivity index (χ1v) is 6.60. The fraction of sp³-hybridized carbons (Fsp3) is 0.538. The summed E-state index contributed by atoms with van der Waals surface area (Å²) in [7, 11) is 0. The Kier molecular flexibility index (Phi) is 2.37. The standard InChI is InChI=1S/C13H16BrN/c14-12-3-1-2-11-10(12)4-5-13(11)6-8-15-9-7-13/h1-3,15H,4-9H2. The molecule has 1 aromatic carbocycles. The number of nitrogens with one attached hydrogen (secondary N) is 1. The zero-order chi connectivity index (χ0) is 10.3. The molecule has 1 nitrogen and oxygen atoms in total. The molecule has 1 saturated heterocycles. The molecule has 80 valence electrons. The van der Waals surface area contributed by atoms with Crippen LogP contribution in [0, 0.1) is 0 Å². The van der Waals surface area contributed by atoms with Crippen molar-refractivity contribution in [2.75, 3.05) is 13.1 Å². The maximum atomic E-state index is 3.68. The molecular weight excluding hydrogens is 250 g/mol. The van der Waals surface area contributed by atoms with Crippen LogP contribution in [0.15, 0.2) is 22.7 Å². The van der Waals surface area contributed by atoms with Crippen LogP contribution in [0.3, 0.4) is 0 Å². The van der Waals surface area contributed by atoms with Gasteiger partial charge in [-0.3, -0.25) is 0 Å². The van der Waals surface area contributed by atoms with E-state index in [0.717, 1.165) is 0 Å². The lowest BCUT2D eigenvalue weighted by molar-refractivity contribution is 0.306. The maximum Gasteiger partial charge on any atom is 0.0210 e. The summed E-state index contributed by atoms with van der Waals surface area (Å²) in [6.07, 6.45) is 5.25. The third kappa shape index (κ3) is 1.46. The number of piperidine rings is 1. The SMILES string of the molecule is Brc1cccc2c1CCC21CCNCC1. The second-order valence-corrected chi connectivity index (χ2v) is 5.65. The lowest BCUT2D eigenvalue weighted by Crippen LogP contribution is -2.38. The average molecular weight is 266 g/mol. The second kappa shape index (κ2) is 3.60. The van der Waals surface area contributed by atoms with E-state index in [-0.39, 0.29) is 0 Å². The van der Waals surface area contributed by atoms with Crippen molar-refractivity contribution in [3.05, 3.63) is 33.8 Å². The molecule has 15 heavy (non-hydrogen) atoms. The highest BCUT2D eigenvalue weighted by molar-refractivity contribution is 9.10. The Labute approximate surface area is 99.4 Å². The number of hydrogen-bond donors (Lipinski definition) is 1. The van der Waals surface area contributed by atoms with Gasteiger partial charge in [0, 0.05) is 4.47 Å². The van der Waals surface area contributed by atoms with Gasteiger partial charge >= 0.3 is 0 Å². The zero-order valence-electron chi connectivity index (χ0n) is 8.85. The van der Waals surface area contributed by atoms with Crippen molar-refractivity contribution >= 4 is 15.9 Å². The molecule has 1 fully saturated rings. The summed E-state index contributed by atoms with van der Waals surface area (Å²) in [5.41, 5.74) is 3.70. The molecule has 1 spiro atoms. The van der Waals surface area contributed by atoms with Gasteiger partial charge in [-0.05, 0) is 61.4 Å². The molecule has 2 heteroatoms. The van der Waals surface area contributed by atoms with Crippen molar-refractivity contribution in [1.82, 2.24) is 5.32 Å². The van der Waals surface area contributed by atoms with Gasteiger partial charge in [0.2, 0.25) is 0 Å². The van der Waals surface area contributed by atoms with Crippen LogP contribution in [0.25, 0.3) is 0 Å². The summed E-state index contributed by atoms with van der Waals surface area (Å²) >= 11 is 3.68. The van der Waals surface area contributed by atoms with E-state index in [1.807, 2.05) is 0 Å². The molecule has 1 N–H and O–H groups in total. The lowest BCUT2D eigenvalue weighted by Gasteiger charge is -2.35. The minimum Gasteiger partial charge on any atom is -0.317 e. The number of rotatable bonds is 0. The predicted molar refractivity (Wildman–Crippen MR) is 66.2 cm³/mol. The van der Waals surface area contributed by atoms with E-state index in [1.165, 1.54) is 43.2 Å². The van der Waals surface area contributed by atoms with Gasteiger partial charge in [0.05, 0.1) is 0 Å². The van der Waals surface area contributed by atoms with Crippen LogP contribution in [-0.4, -0.2) is 13.1 Å². The van der Waals surface area contributed by atoms with Gasteiger partial charge in [-0.25, -0.2) is 0 Å². The van der Waals surface area contributed by atoms with Gasteiger partial charge in [0.1, 0.15) is 0 Å². The molecule has 0 amide bonds. The van der Waals surface area contributed by atoms with E-state index in [4.69, 9.17) is 0 Å². The van der Waals surface area contributed by atoms with Crippen LogP contribution in [0.4, 0.5) is 0 Å². The Morgan fingerprint density at radius 1 is 1.13 bits per heavy atom. The predicted octanol–water partition coefficient (Wildman–Crippen LogP) is 3.02. The highest BCUT2D eigenvalue weighted by Gasteiger charge is 2.39. The molecule has 1 aliphatic carbocycles. The Bertz CT molecular complexity index is 380. The van der Waals surface area contributed by atoms with Gasteiger partial charge in [-0.1, -0.05) is 28.1 Å². The van der Waals surface area contributed by atoms with Crippen LogP contribution in [0.1, 0.15) is 30.4 Å². The number of benzene rings is 1. The van der Waals surface area contributed by atoms with Crippen LogP contribution >= 0.6 is 15.9 Å². The van der Waals surface area contributed by atoms with Gasteiger partial charge < -0.3 is 5.32 Å². The Hall–Kier alpha value is -0.340. The molecule has 0 bridgehead atoms. The highest BCUT2D eigenvalue weighted by atomic mass is 79.9. The van der Waals surface area contributed by atoms with Gasteiger partial charge in [0.15, 0.2) is 0 Å². The Balaban J connectivity index is 2.06. The van der Waals surface area contributed by atoms with Crippen molar-refractivity contribution < 1.29 is 0 Å². The third-order valence-electron chi connectivity index (χ3n) is 4.10. The third-order valence-corrected chi connectivity index (χ3v) is 4.85. The fourth-order valence-electron chi connectivity index (χ4n) is 3.23. The van der Waals surface area contributed by atoms with Crippen molar-refractivity contribution in [3.63, 3.8) is 0 Å². The molecule has 1 aromatic rings. The van der Waals surface area contributed by atoms with Gasteiger partial charge in [0.25, 0.3) is 0 Å². The molecule has 1 aliphatic heterocycles. The van der Waals surface area contributed by atoms with E-state index in [1.54, 1.807) is 11.1 Å². The largest absolute Gasteiger partial charge is 0.317 e. The second-order valence-electron chi connectivity index (χ2n) is 4.80. The van der Waals surface area contributed by atoms with Crippen molar-refractivity contribution in [3.8, 4) is 0 Å². The van der Waals surface area contributed by atoms with Gasteiger partial charge in [-0.15, -0.1) is 0 Å². The smallest absolute Gasteiger partial charge is 0.0210 e. The molecule has 2 aliphatic rings. The summed E-state index contributed by atoms with van der Waals surface area (Å²) in [6.45, 7) is 2.37. The maximum absolute atomic E-state index is 3.68. The molecule has 0 atom stereocenters. The van der Waals surface area contributed by atoms with Crippen LogP contribution < -0.4 is 5.32 Å². The van der Waals surface area contributed by atoms with E-state index in [0.29, 0.717) is 5.41 Å². The summed E-state index contributed by atoms with van der Waals surface area (Å²) in [5.74, 6) is 0. The monoisotopic (exact) mass is 265 g/mol. The van der Waals surface area contributed by atoms with Crippen molar-refractivity contribution in [1.29, 1.82) is 0 Å². The average Bonchev–Trinajstić information content (AvgIpc) is 2.61.